The van der Waals surface area contributed by atoms with E-state index in [1.807, 2.05) is 37.2 Å². The normalized spacial score (nSPS) is 13.2. The number of hydrogen-bond donors (Lipinski definition) is 2. The molecule has 0 bridgehead atoms. The van der Waals surface area contributed by atoms with Gasteiger partial charge in [-0.2, -0.15) is 8.42 Å². The van der Waals surface area contributed by atoms with Crippen LogP contribution in [0.4, 0.5) is 0 Å². The number of rotatable bonds is 9. The number of likely N-dealkylation sites (N-methyl/N-ethyl adjacent to an activating group) is 1. The van der Waals surface area contributed by atoms with Crippen LogP contribution in [0.5, 0.6) is 11.5 Å². The maximum absolute atomic E-state index is 11.7. The lowest BCUT2D eigenvalue weighted by Gasteiger charge is -2.25. The third-order valence-corrected chi connectivity index (χ3v) is 4.43. The highest BCUT2D eigenvalue weighted by Gasteiger charge is 2.19. The molecule has 1 aromatic rings. The zero-order valence-electron chi connectivity index (χ0n) is 13.7. The second kappa shape index (κ2) is 8.33. The van der Waals surface area contributed by atoms with Crippen LogP contribution in [0, 0.1) is 0 Å². The molecule has 0 aliphatic heterocycles. The van der Waals surface area contributed by atoms with Gasteiger partial charge in [-0.15, -0.1) is 0 Å². The minimum Gasteiger partial charge on any atom is -0.493 e. The minimum absolute atomic E-state index is 0.131. The van der Waals surface area contributed by atoms with Gasteiger partial charge in [0.2, 0.25) is 0 Å². The Morgan fingerprint density at radius 2 is 1.77 bits per heavy atom. The maximum Gasteiger partial charge on any atom is 0.276 e. The number of benzene rings is 1. The van der Waals surface area contributed by atoms with Gasteiger partial charge >= 0.3 is 0 Å². The summed E-state index contributed by atoms with van der Waals surface area (Å²) in [5.41, 5.74) is 0.932. The highest BCUT2D eigenvalue weighted by molar-refractivity contribution is 7.87. The van der Waals surface area contributed by atoms with Crippen LogP contribution in [0.15, 0.2) is 18.2 Å². The molecular weight excluding hydrogens is 306 g/mol. The molecule has 1 rings (SSSR count). The van der Waals surface area contributed by atoms with E-state index >= 15 is 0 Å². The Morgan fingerprint density at radius 1 is 1.14 bits per heavy atom. The van der Waals surface area contributed by atoms with Crippen LogP contribution < -0.4 is 18.9 Å². The third kappa shape index (κ3) is 5.13. The van der Waals surface area contributed by atoms with Gasteiger partial charge in [0.25, 0.3) is 10.2 Å². The molecule has 0 radical (unpaired) electrons. The first-order valence-corrected chi connectivity index (χ1v) is 8.45. The van der Waals surface area contributed by atoms with Gasteiger partial charge < -0.3 is 14.4 Å². The average Bonchev–Trinajstić information content (AvgIpc) is 2.46. The highest BCUT2D eigenvalue weighted by Crippen LogP contribution is 2.31. The van der Waals surface area contributed by atoms with Crippen molar-refractivity contribution in [2.24, 2.45) is 0 Å². The molecule has 126 valence electrons. The number of hydrogen-bond acceptors (Lipinski definition) is 5. The van der Waals surface area contributed by atoms with Crippen molar-refractivity contribution in [2.45, 2.75) is 13.0 Å². The Kier molecular flexibility index (Phi) is 7.08. The van der Waals surface area contributed by atoms with E-state index in [-0.39, 0.29) is 12.6 Å². The second-order valence-corrected chi connectivity index (χ2v) is 6.53. The highest BCUT2D eigenvalue weighted by atomic mass is 32.2. The summed E-state index contributed by atoms with van der Waals surface area (Å²) >= 11 is 0. The summed E-state index contributed by atoms with van der Waals surface area (Å²) in [4.78, 5) is 1.94. The van der Waals surface area contributed by atoms with Gasteiger partial charge in [0, 0.05) is 19.1 Å². The quantitative estimate of drug-likeness (QED) is 0.698. The molecule has 0 aliphatic rings. The third-order valence-electron chi connectivity index (χ3n) is 3.22. The van der Waals surface area contributed by atoms with E-state index in [9.17, 15) is 8.42 Å². The number of methoxy groups -OCH3 is 2. The standard InChI is InChI=1S/C14H25N3O4S/c1-6-15-22(18,19)16-10-12(17(2)3)11-7-8-13(20-4)14(9-11)21-5/h7-9,12,15-16H,6,10H2,1-5H3. The molecule has 0 fully saturated rings. The first-order chi connectivity index (χ1) is 10.3. The molecule has 0 aromatic heterocycles. The lowest BCUT2D eigenvalue weighted by molar-refractivity contribution is 0.296. The fourth-order valence-corrected chi connectivity index (χ4v) is 2.95. The predicted molar refractivity (Wildman–Crippen MR) is 86.6 cm³/mol. The topological polar surface area (TPSA) is 79.9 Å². The SMILES string of the molecule is CCNS(=O)(=O)NCC(c1ccc(OC)c(OC)c1)N(C)C. The van der Waals surface area contributed by atoms with Crippen LogP contribution in [0.1, 0.15) is 18.5 Å². The van der Waals surface area contributed by atoms with Gasteiger partial charge in [0.15, 0.2) is 11.5 Å². The molecule has 1 aromatic carbocycles. The summed E-state index contributed by atoms with van der Waals surface area (Å²) in [6.07, 6.45) is 0. The van der Waals surface area contributed by atoms with Crippen molar-refractivity contribution in [3.63, 3.8) is 0 Å². The van der Waals surface area contributed by atoms with Crippen LogP contribution in [-0.4, -0.2) is 54.7 Å². The summed E-state index contributed by atoms with van der Waals surface area (Å²) in [7, 11) is 3.45. The molecule has 8 heteroatoms. The summed E-state index contributed by atoms with van der Waals surface area (Å²) in [6, 6.07) is 5.43. The van der Waals surface area contributed by atoms with Crippen LogP contribution in [0.25, 0.3) is 0 Å². The molecule has 0 amide bonds. The van der Waals surface area contributed by atoms with Gasteiger partial charge in [-0.3, -0.25) is 0 Å². The molecule has 22 heavy (non-hydrogen) atoms. The van der Waals surface area contributed by atoms with Gasteiger partial charge in [-0.25, -0.2) is 9.44 Å². The van der Waals surface area contributed by atoms with E-state index in [2.05, 4.69) is 9.44 Å². The molecule has 0 saturated heterocycles. The Bertz CT molecular complexity index is 575. The summed E-state index contributed by atoms with van der Waals surface area (Å²) in [5.74, 6) is 1.25. The summed E-state index contributed by atoms with van der Waals surface area (Å²) < 4.78 is 38.9. The molecule has 0 aliphatic carbocycles. The number of nitrogens with one attached hydrogen (secondary N) is 2. The molecule has 0 spiro atoms. The van der Waals surface area contributed by atoms with Crippen molar-refractivity contribution in [3.8, 4) is 11.5 Å². The van der Waals surface area contributed by atoms with E-state index in [4.69, 9.17) is 9.47 Å². The van der Waals surface area contributed by atoms with E-state index in [1.54, 1.807) is 21.1 Å². The zero-order chi connectivity index (χ0) is 16.8. The second-order valence-electron chi connectivity index (χ2n) is 4.94. The molecule has 1 unspecified atom stereocenters. The first kappa shape index (κ1) is 18.7. The Hall–Kier alpha value is -1.35. The lowest BCUT2D eigenvalue weighted by Crippen LogP contribution is -2.41. The smallest absolute Gasteiger partial charge is 0.276 e. The van der Waals surface area contributed by atoms with E-state index in [0.717, 1.165) is 5.56 Å². The van der Waals surface area contributed by atoms with Gasteiger partial charge in [0.05, 0.1) is 14.2 Å². The van der Waals surface area contributed by atoms with Crippen molar-refractivity contribution in [2.75, 3.05) is 41.4 Å². The van der Waals surface area contributed by atoms with E-state index in [1.165, 1.54) is 0 Å². The van der Waals surface area contributed by atoms with Crippen molar-refractivity contribution in [1.29, 1.82) is 0 Å². The predicted octanol–water partition coefficient (Wildman–Crippen LogP) is 0.750. The van der Waals surface area contributed by atoms with E-state index in [0.29, 0.717) is 18.0 Å². The minimum atomic E-state index is -3.48. The number of nitrogens with zero attached hydrogens (tertiary/aromatic N) is 1. The Labute approximate surface area is 132 Å². The van der Waals surface area contributed by atoms with Gasteiger partial charge in [-0.1, -0.05) is 13.0 Å². The van der Waals surface area contributed by atoms with Crippen molar-refractivity contribution >= 4 is 10.2 Å². The fraction of sp³-hybridized carbons (Fsp3) is 0.571. The van der Waals surface area contributed by atoms with Crippen molar-refractivity contribution in [1.82, 2.24) is 14.3 Å². The molecule has 0 saturated carbocycles. The first-order valence-electron chi connectivity index (χ1n) is 6.97. The largest absolute Gasteiger partial charge is 0.493 e. The summed E-state index contributed by atoms with van der Waals surface area (Å²) in [5, 5.41) is 0. The van der Waals surface area contributed by atoms with Crippen molar-refractivity contribution in [3.05, 3.63) is 23.8 Å². The maximum atomic E-state index is 11.7. The molecule has 1 atom stereocenters. The molecular formula is C14H25N3O4S. The Balaban J connectivity index is 2.96. The van der Waals surface area contributed by atoms with Crippen molar-refractivity contribution < 1.29 is 17.9 Å². The van der Waals surface area contributed by atoms with Crippen LogP contribution >= 0.6 is 0 Å². The zero-order valence-corrected chi connectivity index (χ0v) is 14.5. The van der Waals surface area contributed by atoms with Crippen LogP contribution in [0.3, 0.4) is 0 Å². The summed E-state index contributed by atoms with van der Waals surface area (Å²) in [6.45, 7) is 2.33. The van der Waals surface area contributed by atoms with Gasteiger partial charge in [0.1, 0.15) is 0 Å². The van der Waals surface area contributed by atoms with Crippen LogP contribution in [-0.2, 0) is 10.2 Å². The fourth-order valence-electron chi connectivity index (χ4n) is 2.09. The monoisotopic (exact) mass is 331 g/mol. The van der Waals surface area contributed by atoms with E-state index < -0.39 is 10.2 Å². The Morgan fingerprint density at radius 3 is 2.27 bits per heavy atom. The molecule has 0 heterocycles. The average molecular weight is 331 g/mol. The number of ether oxygens (including phenoxy) is 2. The van der Waals surface area contributed by atoms with Gasteiger partial charge in [-0.05, 0) is 31.8 Å². The van der Waals surface area contributed by atoms with Crippen LogP contribution in [0.2, 0.25) is 0 Å². The lowest BCUT2D eigenvalue weighted by atomic mass is 10.1. The molecule has 2 N–H and O–H groups in total. The molecule has 7 nitrogen and oxygen atoms in total.